The summed E-state index contributed by atoms with van der Waals surface area (Å²) in [6.45, 7) is 6.19. The summed E-state index contributed by atoms with van der Waals surface area (Å²) in [6.07, 6.45) is 0.416. The molecular weight excluding hydrogens is 268 g/mol. The Morgan fingerprint density at radius 2 is 1.81 bits per heavy atom. The van der Waals surface area contributed by atoms with Crippen molar-refractivity contribution in [1.29, 1.82) is 0 Å². The number of nitrogens with zero attached hydrogens (tertiary/aromatic N) is 2. The van der Waals surface area contributed by atoms with E-state index in [1.807, 2.05) is 18.2 Å². The van der Waals surface area contributed by atoms with Crippen LogP contribution in [0.4, 0.5) is 0 Å². The van der Waals surface area contributed by atoms with Crippen molar-refractivity contribution >= 4 is 0 Å². The highest BCUT2D eigenvalue weighted by Crippen LogP contribution is 2.32. The van der Waals surface area contributed by atoms with Crippen molar-refractivity contribution in [3.05, 3.63) is 23.8 Å². The third-order valence-corrected chi connectivity index (χ3v) is 4.18. The van der Waals surface area contributed by atoms with Gasteiger partial charge in [-0.15, -0.1) is 0 Å². The van der Waals surface area contributed by atoms with Crippen molar-refractivity contribution in [2.75, 3.05) is 53.0 Å². The Morgan fingerprint density at radius 3 is 2.57 bits per heavy atom. The Balaban J connectivity index is 1.64. The maximum absolute atomic E-state index is 10.5. The van der Waals surface area contributed by atoms with E-state index in [0.717, 1.165) is 49.7 Å². The average Bonchev–Trinajstić information content (AvgIpc) is 2.74. The van der Waals surface area contributed by atoms with Gasteiger partial charge in [-0.1, -0.05) is 6.07 Å². The van der Waals surface area contributed by atoms with Crippen LogP contribution in [-0.4, -0.2) is 67.9 Å². The van der Waals surface area contributed by atoms with Gasteiger partial charge in [-0.3, -0.25) is 4.90 Å². The molecule has 3 rings (SSSR count). The molecule has 1 fully saturated rings. The van der Waals surface area contributed by atoms with E-state index < -0.39 is 6.10 Å². The van der Waals surface area contributed by atoms with Crippen LogP contribution in [0.15, 0.2) is 18.2 Å². The lowest BCUT2D eigenvalue weighted by Crippen LogP contribution is -2.45. The molecule has 2 aliphatic heterocycles. The molecule has 1 atom stereocenters. The molecule has 5 nitrogen and oxygen atoms in total. The summed E-state index contributed by atoms with van der Waals surface area (Å²) >= 11 is 0. The zero-order valence-electron chi connectivity index (χ0n) is 12.6. The van der Waals surface area contributed by atoms with E-state index in [-0.39, 0.29) is 0 Å². The smallest absolute Gasteiger partial charge is 0.161 e. The molecule has 0 radical (unpaired) electrons. The first-order valence-electron chi connectivity index (χ1n) is 7.71. The third kappa shape index (κ3) is 3.67. The molecule has 0 spiro atoms. The molecule has 1 unspecified atom stereocenters. The number of β-amino-alcohol motifs (C(OH)–C–C–N with tert-alkyl or cyclic N) is 1. The average molecular weight is 292 g/mol. The van der Waals surface area contributed by atoms with Gasteiger partial charge in [0.15, 0.2) is 11.5 Å². The number of hydrogen-bond donors (Lipinski definition) is 1. The van der Waals surface area contributed by atoms with Gasteiger partial charge in [0.25, 0.3) is 0 Å². The fourth-order valence-electron chi connectivity index (χ4n) is 2.77. The molecule has 0 aliphatic carbocycles. The molecule has 5 heteroatoms. The van der Waals surface area contributed by atoms with E-state index in [1.54, 1.807) is 0 Å². The maximum atomic E-state index is 10.5. The van der Waals surface area contributed by atoms with Crippen molar-refractivity contribution in [3.63, 3.8) is 0 Å². The monoisotopic (exact) mass is 292 g/mol. The number of aliphatic hydroxyl groups excluding tert-OH is 1. The summed E-state index contributed by atoms with van der Waals surface area (Å²) in [6, 6.07) is 5.76. The Bertz CT molecular complexity index is 473. The van der Waals surface area contributed by atoms with Crippen LogP contribution in [0.5, 0.6) is 11.5 Å². The van der Waals surface area contributed by atoms with Crippen LogP contribution < -0.4 is 9.47 Å². The van der Waals surface area contributed by atoms with E-state index in [1.165, 1.54) is 0 Å². The Kier molecular flexibility index (Phi) is 4.63. The molecule has 0 aromatic heterocycles. The molecule has 1 aromatic carbocycles. The van der Waals surface area contributed by atoms with Gasteiger partial charge in [0.2, 0.25) is 0 Å². The van der Waals surface area contributed by atoms with Crippen LogP contribution in [0, 0.1) is 0 Å². The van der Waals surface area contributed by atoms with Crippen LogP contribution >= 0.6 is 0 Å². The highest BCUT2D eigenvalue weighted by Gasteiger charge is 2.19. The first-order chi connectivity index (χ1) is 10.2. The first kappa shape index (κ1) is 14.6. The van der Waals surface area contributed by atoms with Crippen LogP contribution in [0.3, 0.4) is 0 Å². The Labute approximate surface area is 126 Å². The largest absolute Gasteiger partial charge is 0.490 e. The zero-order chi connectivity index (χ0) is 14.7. The van der Waals surface area contributed by atoms with Gasteiger partial charge < -0.3 is 19.5 Å². The number of fused-ring (bicyclic) bond motifs is 1. The number of aliphatic hydroxyl groups is 1. The summed E-state index contributed by atoms with van der Waals surface area (Å²) in [7, 11) is 2.14. The van der Waals surface area contributed by atoms with E-state index in [0.29, 0.717) is 19.8 Å². The number of ether oxygens (including phenoxy) is 2. The molecule has 0 amide bonds. The fraction of sp³-hybridized carbons (Fsp3) is 0.625. The second kappa shape index (κ2) is 6.64. The lowest BCUT2D eigenvalue weighted by atomic mass is 10.1. The minimum atomic E-state index is -0.481. The number of benzene rings is 1. The maximum Gasteiger partial charge on any atom is 0.161 e. The fourth-order valence-corrected chi connectivity index (χ4v) is 2.77. The number of likely N-dealkylation sites (N-methyl/N-ethyl adjacent to an activating group) is 1. The van der Waals surface area contributed by atoms with Gasteiger partial charge in [-0.2, -0.15) is 0 Å². The lowest BCUT2D eigenvalue weighted by molar-refractivity contribution is 0.0803. The molecule has 2 heterocycles. The molecule has 2 aliphatic rings. The van der Waals surface area contributed by atoms with Crippen molar-refractivity contribution in [3.8, 4) is 11.5 Å². The second-order valence-corrected chi connectivity index (χ2v) is 5.88. The van der Waals surface area contributed by atoms with Gasteiger partial charge in [0.05, 0.1) is 19.3 Å². The van der Waals surface area contributed by atoms with Crippen LogP contribution in [0.2, 0.25) is 0 Å². The van der Waals surface area contributed by atoms with Crippen molar-refractivity contribution < 1.29 is 14.6 Å². The van der Waals surface area contributed by atoms with Crippen molar-refractivity contribution in [2.24, 2.45) is 0 Å². The number of hydrogen-bond acceptors (Lipinski definition) is 5. The predicted octanol–water partition coefficient (Wildman–Crippen LogP) is 1.13. The molecule has 21 heavy (non-hydrogen) atoms. The van der Waals surface area contributed by atoms with Gasteiger partial charge in [0.1, 0.15) is 0 Å². The molecule has 1 aromatic rings. The van der Waals surface area contributed by atoms with Crippen molar-refractivity contribution in [2.45, 2.75) is 12.5 Å². The SMILES string of the molecule is CN1CCN(CC(O)c2ccc3c(c2)OCCCO3)CC1. The van der Waals surface area contributed by atoms with Crippen LogP contribution in [-0.2, 0) is 0 Å². The molecule has 1 saturated heterocycles. The molecular formula is C16H24N2O3. The molecule has 116 valence electrons. The third-order valence-electron chi connectivity index (χ3n) is 4.18. The predicted molar refractivity (Wildman–Crippen MR) is 80.9 cm³/mol. The molecule has 0 saturated carbocycles. The normalized spacial score (nSPS) is 21.8. The van der Waals surface area contributed by atoms with Gasteiger partial charge >= 0.3 is 0 Å². The molecule has 0 bridgehead atoms. The Morgan fingerprint density at radius 1 is 1.10 bits per heavy atom. The summed E-state index contributed by atoms with van der Waals surface area (Å²) < 4.78 is 11.3. The quantitative estimate of drug-likeness (QED) is 0.905. The zero-order valence-corrected chi connectivity index (χ0v) is 12.6. The van der Waals surface area contributed by atoms with Crippen LogP contribution in [0.1, 0.15) is 18.1 Å². The highest BCUT2D eigenvalue weighted by molar-refractivity contribution is 5.44. The Hall–Kier alpha value is -1.30. The topological polar surface area (TPSA) is 45.2 Å². The van der Waals surface area contributed by atoms with Gasteiger partial charge in [-0.25, -0.2) is 0 Å². The lowest BCUT2D eigenvalue weighted by Gasteiger charge is -2.33. The van der Waals surface area contributed by atoms with Crippen molar-refractivity contribution in [1.82, 2.24) is 9.80 Å². The number of piperazine rings is 1. The van der Waals surface area contributed by atoms with Gasteiger partial charge in [0, 0.05) is 39.1 Å². The van der Waals surface area contributed by atoms with Gasteiger partial charge in [-0.05, 0) is 24.7 Å². The first-order valence-corrected chi connectivity index (χ1v) is 7.71. The minimum absolute atomic E-state index is 0.481. The second-order valence-electron chi connectivity index (χ2n) is 5.88. The standard InChI is InChI=1S/C16H24N2O3/c1-17-5-7-18(8-6-17)12-14(19)13-3-4-15-16(11-13)21-10-2-9-20-15/h3-4,11,14,19H,2,5-10,12H2,1H3. The molecule has 1 N–H and O–H groups in total. The summed E-state index contributed by atoms with van der Waals surface area (Å²) in [5, 5.41) is 10.5. The minimum Gasteiger partial charge on any atom is -0.490 e. The summed E-state index contributed by atoms with van der Waals surface area (Å²) in [4.78, 5) is 4.63. The number of rotatable bonds is 3. The highest BCUT2D eigenvalue weighted by atomic mass is 16.5. The van der Waals surface area contributed by atoms with E-state index in [4.69, 9.17) is 9.47 Å². The van der Waals surface area contributed by atoms with E-state index in [9.17, 15) is 5.11 Å². The van der Waals surface area contributed by atoms with Crippen LogP contribution in [0.25, 0.3) is 0 Å². The summed E-state index contributed by atoms with van der Waals surface area (Å²) in [5.41, 5.74) is 0.901. The van der Waals surface area contributed by atoms with E-state index >= 15 is 0 Å². The van der Waals surface area contributed by atoms with E-state index in [2.05, 4.69) is 16.8 Å². The summed E-state index contributed by atoms with van der Waals surface area (Å²) in [5.74, 6) is 1.53.